The van der Waals surface area contributed by atoms with Crippen LogP contribution >= 0.6 is 0 Å². The van der Waals surface area contributed by atoms with Gasteiger partial charge in [-0.3, -0.25) is 0 Å². The van der Waals surface area contributed by atoms with Crippen molar-refractivity contribution in [1.29, 1.82) is 0 Å². The summed E-state index contributed by atoms with van der Waals surface area (Å²) < 4.78 is 0. The van der Waals surface area contributed by atoms with E-state index < -0.39 is 6.10 Å². The van der Waals surface area contributed by atoms with Gasteiger partial charge in [0.25, 0.3) is 0 Å². The average Bonchev–Trinajstić information content (AvgIpc) is 2.39. The molecule has 3 heteroatoms. The van der Waals surface area contributed by atoms with E-state index in [-0.39, 0.29) is 0 Å². The van der Waals surface area contributed by atoms with Crippen LogP contribution in [0.1, 0.15) is 24.2 Å². The second-order valence-electron chi connectivity index (χ2n) is 4.52. The first-order valence-corrected chi connectivity index (χ1v) is 6.02. The molecule has 18 heavy (non-hydrogen) atoms. The standard InChI is InChI=1S/C15H18N2O/c1-11-4-6-14(7-5-11)17(3)15-10-13(12(2)18)8-9-16-15/h4-10,12,18H,1-3H3/t12-/m0/s1. The molecular formula is C15H18N2O. The molecule has 0 bridgehead atoms. The number of hydrogen-bond acceptors (Lipinski definition) is 3. The quantitative estimate of drug-likeness (QED) is 0.897. The van der Waals surface area contributed by atoms with E-state index in [2.05, 4.69) is 36.2 Å². The smallest absolute Gasteiger partial charge is 0.133 e. The first-order chi connectivity index (χ1) is 8.58. The molecule has 1 aromatic heterocycles. The molecule has 1 N–H and O–H groups in total. The maximum absolute atomic E-state index is 9.59. The zero-order chi connectivity index (χ0) is 13.1. The number of aliphatic hydroxyl groups excluding tert-OH is 1. The molecule has 0 amide bonds. The van der Waals surface area contributed by atoms with E-state index >= 15 is 0 Å². The number of aryl methyl sites for hydroxylation is 1. The molecule has 0 aliphatic rings. The normalized spacial score (nSPS) is 12.2. The van der Waals surface area contributed by atoms with Gasteiger partial charge in [0.1, 0.15) is 5.82 Å². The highest BCUT2D eigenvalue weighted by Crippen LogP contribution is 2.24. The number of nitrogens with zero attached hydrogens (tertiary/aromatic N) is 2. The van der Waals surface area contributed by atoms with E-state index in [9.17, 15) is 5.11 Å². The Morgan fingerprint density at radius 1 is 1.17 bits per heavy atom. The fraction of sp³-hybridized carbons (Fsp3) is 0.267. The molecule has 0 radical (unpaired) electrons. The molecule has 0 spiro atoms. The Morgan fingerprint density at radius 2 is 1.83 bits per heavy atom. The number of benzene rings is 1. The van der Waals surface area contributed by atoms with Crippen molar-refractivity contribution >= 4 is 11.5 Å². The number of aromatic nitrogens is 1. The molecule has 0 aliphatic carbocycles. The van der Waals surface area contributed by atoms with Crippen LogP contribution in [0, 0.1) is 6.92 Å². The molecule has 3 nitrogen and oxygen atoms in total. The summed E-state index contributed by atoms with van der Waals surface area (Å²) >= 11 is 0. The monoisotopic (exact) mass is 242 g/mol. The van der Waals surface area contributed by atoms with E-state index in [1.807, 2.05) is 24.1 Å². The SMILES string of the molecule is Cc1ccc(N(C)c2cc([C@H](C)O)ccn2)cc1. The van der Waals surface area contributed by atoms with Gasteiger partial charge in [0.15, 0.2) is 0 Å². The predicted molar refractivity (Wildman–Crippen MR) is 74.1 cm³/mol. The molecule has 1 heterocycles. The third-order valence-electron chi connectivity index (χ3n) is 3.02. The fourth-order valence-corrected chi connectivity index (χ4v) is 1.78. The van der Waals surface area contributed by atoms with E-state index in [0.717, 1.165) is 17.1 Å². The van der Waals surface area contributed by atoms with Crippen LogP contribution in [0.15, 0.2) is 42.6 Å². The third kappa shape index (κ3) is 2.68. The van der Waals surface area contributed by atoms with Crippen molar-refractivity contribution in [3.8, 4) is 0 Å². The Bertz CT molecular complexity index is 520. The highest BCUT2D eigenvalue weighted by Gasteiger charge is 2.08. The Hall–Kier alpha value is -1.87. The van der Waals surface area contributed by atoms with Crippen LogP contribution in [-0.2, 0) is 0 Å². The molecular weight excluding hydrogens is 224 g/mol. The zero-order valence-electron chi connectivity index (χ0n) is 11.0. The highest BCUT2D eigenvalue weighted by atomic mass is 16.3. The van der Waals surface area contributed by atoms with Crippen LogP contribution in [-0.4, -0.2) is 17.1 Å². The topological polar surface area (TPSA) is 36.4 Å². The van der Waals surface area contributed by atoms with Gasteiger partial charge in [0.05, 0.1) is 6.10 Å². The van der Waals surface area contributed by atoms with E-state index in [1.165, 1.54) is 5.56 Å². The van der Waals surface area contributed by atoms with E-state index in [1.54, 1.807) is 13.1 Å². The van der Waals surface area contributed by atoms with Crippen LogP contribution in [0.2, 0.25) is 0 Å². The second kappa shape index (κ2) is 5.19. The van der Waals surface area contributed by atoms with Crippen molar-refractivity contribution < 1.29 is 5.11 Å². The lowest BCUT2D eigenvalue weighted by Crippen LogP contribution is -2.11. The lowest BCUT2D eigenvalue weighted by atomic mass is 10.1. The van der Waals surface area contributed by atoms with E-state index in [0.29, 0.717) is 0 Å². The van der Waals surface area contributed by atoms with Gasteiger partial charge in [0, 0.05) is 18.9 Å². The van der Waals surface area contributed by atoms with Crippen LogP contribution in [0.4, 0.5) is 11.5 Å². The number of rotatable bonds is 3. The number of anilines is 2. The van der Waals surface area contributed by atoms with Crippen molar-refractivity contribution in [2.24, 2.45) is 0 Å². The summed E-state index contributed by atoms with van der Waals surface area (Å²) in [5.74, 6) is 0.831. The van der Waals surface area contributed by atoms with Gasteiger partial charge in [0.2, 0.25) is 0 Å². The summed E-state index contributed by atoms with van der Waals surface area (Å²) in [7, 11) is 1.97. The Balaban J connectivity index is 2.30. The summed E-state index contributed by atoms with van der Waals surface area (Å²) in [4.78, 5) is 6.34. The van der Waals surface area contributed by atoms with Crippen LogP contribution in [0.25, 0.3) is 0 Å². The molecule has 0 saturated heterocycles. The number of aliphatic hydroxyl groups is 1. The molecule has 1 atom stereocenters. The summed E-state index contributed by atoms with van der Waals surface area (Å²) in [5.41, 5.74) is 3.19. The molecule has 0 fully saturated rings. The van der Waals surface area contributed by atoms with Crippen LogP contribution < -0.4 is 4.90 Å². The third-order valence-corrected chi connectivity index (χ3v) is 3.02. The summed E-state index contributed by atoms with van der Waals surface area (Å²) in [6.07, 6.45) is 1.25. The van der Waals surface area contributed by atoms with Gasteiger partial charge in [-0.2, -0.15) is 0 Å². The average molecular weight is 242 g/mol. The second-order valence-corrected chi connectivity index (χ2v) is 4.52. The van der Waals surface area contributed by atoms with E-state index in [4.69, 9.17) is 0 Å². The lowest BCUT2D eigenvalue weighted by Gasteiger charge is -2.19. The Morgan fingerprint density at radius 3 is 2.44 bits per heavy atom. The highest BCUT2D eigenvalue weighted by molar-refractivity contribution is 5.59. The first-order valence-electron chi connectivity index (χ1n) is 6.02. The van der Waals surface area contributed by atoms with Crippen LogP contribution in [0.3, 0.4) is 0 Å². The van der Waals surface area contributed by atoms with Gasteiger partial charge in [-0.05, 0) is 43.7 Å². The number of pyridine rings is 1. The molecule has 0 saturated carbocycles. The fourth-order valence-electron chi connectivity index (χ4n) is 1.78. The summed E-state index contributed by atoms with van der Waals surface area (Å²) in [5, 5.41) is 9.59. The molecule has 2 aromatic rings. The van der Waals surface area contributed by atoms with Gasteiger partial charge < -0.3 is 10.0 Å². The maximum Gasteiger partial charge on any atom is 0.133 e. The van der Waals surface area contributed by atoms with Gasteiger partial charge in [-0.1, -0.05) is 17.7 Å². The minimum atomic E-state index is -0.474. The van der Waals surface area contributed by atoms with Crippen molar-refractivity contribution in [2.45, 2.75) is 20.0 Å². The molecule has 1 aromatic carbocycles. The molecule has 94 valence electrons. The van der Waals surface area contributed by atoms with Gasteiger partial charge in [-0.15, -0.1) is 0 Å². The summed E-state index contributed by atoms with van der Waals surface area (Å²) in [6, 6.07) is 12.0. The summed E-state index contributed by atoms with van der Waals surface area (Å²) in [6.45, 7) is 3.82. The van der Waals surface area contributed by atoms with Crippen LogP contribution in [0.5, 0.6) is 0 Å². The molecule has 0 unspecified atom stereocenters. The lowest BCUT2D eigenvalue weighted by molar-refractivity contribution is 0.199. The van der Waals surface area contributed by atoms with Crippen molar-refractivity contribution in [1.82, 2.24) is 4.98 Å². The van der Waals surface area contributed by atoms with Crippen molar-refractivity contribution in [3.63, 3.8) is 0 Å². The Labute approximate surface area is 108 Å². The zero-order valence-corrected chi connectivity index (χ0v) is 11.0. The van der Waals surface area contributed by atoms with Crippen molar-refractivity contribution in [3.05, 3.63) is 53.7 Å². The number of hydrogen-bond donors (Lipinski definition) is 1. The minimum absolute atomic E-state index is 0.474. The van der Waals surface area contributed by atoms with Gasteiger partial charge in [-0.25, -0.2) is 4.98 Å². The molecule has 2 rings (SSSR count). The predicted octanol–water partition coefficient (Wildman–Crippen LogP) is 3.21. The maximum atomic E-state index is 9.59. The minimum Gasteiger partial charge on any atom is -0.389 e. The van der Waals surface area contributed by atoms with Gasteiger partial charge >= 0.3 is 0 Å². The molecule has 0 aliphatic heterocycles. The Kier molecular flexibility index (Phi) is 3.63. The first kappa shape index (κ1) is 12.6. The van der Waals surface area contributed by atoms with Crippen molar-refractivity contribution in [2.75, 3.05) is 11.9 Å². The largest absolute Gasteiger partial charge is 0.389 e.